The van der Waals surface area contributed by atoms with E-state index < -0.39 is 5.91 Å². The van der Waals surface area contributed by atoms with Gasteiger partial charge in [-0.3, -0.25) is 14.2 Å². The van der Waals surface area contributed by atoms with Gasteiger partial charge in [0.15, 0.2) is 0 Å². The van der Waals surface area contributed by atoms with E-state index >= 15 is 0 Å². The number of aromatic nitrogens is 1. The summed E-state index contributed by atoms with van der Waals surface area (Å²) in [7, 11) is 0. The molecule has 0 aromatic carbocycles. The predicted octanol–water partition coefficient (Wildman–Crippen LogP) is 2.49. The normalized spacial score (nSPS) is 12.3. The summed E-state index contributed by atoms with van der Waals surface area (Å²) in [5.74, 6) is -1.01. The van der Waals surface area contributed by atoms with Crippen LogP contribution >= 0.6 is 0 Å². The molecule has 1 aromatic rings. The number of amides is 1. The number of primary amides is 1. The second-order valence-electron chi connectivity index (χ2n) is 5.16. The summed E-state index contributed by atoms with van der Waals surface area (Å²) >= 11 is 0. The molecule has 0 spiro atoms. The highest BCUT2D eigenvalue weighted by Crippen LogP contribution is 2.26. The fraction of sp³-hybridized carbons (Fsp3) is 0.600. The highest BCUT2D eigenvalue weighted by molar-refractivity contribution is 5.96. The van der Waals surface area contributed by atoms with Crippen molar-refractivity contribution in [3.05, 3.63) is 27.5 Å². The van der Waals surface area contributed by atoms with E-state index in [1.807, 2.05) is 6.92 Å². The fourth-order valence-electron chi connectivity index (χ4n) is 2.53. The lowest BCUT2D eigenvalue weighted by molar-refractivity contribution is 0.0995. The Morgan fingerprint density at radius 1 is 1.40 bits per heavy atom. The Bertz CT molecular complexity index is 535. The van der Waals surface area contributed by atoms with Gasteiger partial charge in [0.2, 0.25) is 5.88 Å². The van der Waals surface area contributed by atoms with Crippen LogP contribution in [0.5, 0.6) is 5.88 Å². The van der Waals surface area contributed by atoms with Crippen LogP contribution < -0.4 is 11.3 Å². The van der Waals surface area contributed by atoms with E-state index in [4.69, 9.17) is 5.73 Å². The summed E-state index contributed by atoms with van der Waals surface area (Å²) in [6, 6.07) is 1.26. The maximum absolute atomic E-state index is 12.1. The first-order valence-corrected chi connectivity index (χ1v) is 7.18. The quantitative estimate of drug-likeness (QED) is 0.752. The molecule has 0 aliphatic heterocycles. The van der Waals surface area contributed by atoms with Crippen molar-refractivity contribution in [2.24, 2.45) is 5.73 Å². The number of nitrogens with zero attached hydrogens (tertiary/aromatic N) is 1. The zero-order valence-electron chi connectivity index (χ0n) is 12.5. The van der Waals surface area contributed by atoms with Gasteiger partial charge in [-0.2, -0.15) is 0 Å². The van der Waals surface area contributed by atoms with Gasteiger partial charge in [-0.15, -0.1) is 0 Å². The molecule has 3 N–H and O–H groups in total. The molecule has 5 nitrogen and oxygen atoms in total. The predicted molar refractivity (Wildman–Crippen MR) is 79.1 cm³/mol. The van der Waals surface area contributed by atoms with Crippen LogP contribution in [0, 0.1) is 6.92 Å². The Labute approximate surface area is 119 Å². The molecule has 5 heteroatoms. The Morgan fingerprint density at radius 2 is 2.05 bits per heavy atom. The molecule has 1 heterocycles. The molecule has 0 saturated carbocycles. The van der Waals surface area contributed by atoms with Crippen LogP contribution in [-0.2, 0) is 0 Å². The Hall–Kier alpha value is -1.78. The third kappa shape index (κ3) is 3.40. The van der Waals surface area contributed by atoms with Gasteiger partial charge in [0.1, 0.15) is 5.56 Å². The number of hydrogen-bond acceptors (Lipinski definition) is 3. The summed E-state index contributed by atoms with van der Waals surface area (Å²) < 4.78 is 1.31. The second-order valence-corrected chi connectivity index (χ2v) is 5.16. The van der Waals surface area contributed by atoms with E-state index in [0.717, 1.165) is 32.1 Å². The number of pyridine rings is 1. The summed E-state index contributed by atoms with van der Waals surface area (Å²) in [5, 5.41) is 10.2. The first-order valence-electron chi connectivity index (χ1n) is 7.18. The van der Waals surface area contributed by atoms with Gasteiger partial charge >= 0.3 is 0 Å². The van der Waals surface area contributed by atoms with Crippen LogP contribution in [0.25, 0.3) is 0 Å². The molecule has 0 saturated heterocycles. The molecular weight excluding hydrogens is 256 g/mol. The molecular formula is C15H24N2O3. The minimum atomic E-state index is -0.711. The van der Waals surface area contributed by atoms with Crippen molar-refractivity contribution in [3.63, 3.8) is 0 Å². The smallest absolute Gasteiger partial charge is 0.254 e. The van der Waals surface area contributed by atoms with Crippen LogP contribution in [0.2, 0.25) is 0 Å². The summed E-state index contributed by atoms with van der Waals surface area (Å²) in [6.07, 6.45) is 4.69. The lowest BCUT2D eigenvalue weighted by Crippen LogP contribution is -2.28. The Balaban J connectivity index is 3.25. The van der Waals surface area contributed by atoms with Crippen LogP contribution in [0.4, 0.5) is 0 Å². The van der Waals surface area contributed by atoms with Gasteiger partial charge in [0.05, 0.1) is 0 Å². The lowest BCUT2D eigenvalue weighted by Gasteiger charge is -2.21. The number of rotatable bonds is 7. The van der Waals surface area contributed by atoms with Crippen molar-refractivity contribution >= 4 is 5.91 Å². The Morgan fingerprint density at radius 3 is 2.55 bits per heavy atom. The molecule has 0 aliphatic rings. The average Bonchev–Trinajstić information content (AvgIpc) is 2.35. The first kappa shape index (κ1) is 16.3. The number of unbranched alkanes of at least 4 members (excludes halogenated alkanes) is 2. The number of hydrogen-bond donors (Lipinski definition) is 2. The molecule has 0 fully saturated rings. The van der Waals surface area contributed by atoms with Gasteiger partial charge in [-0.1, -0.05) is 33.1 Å². The molecule has 20 heavy (non-hydrogen) atoms. The molecule has 1 amide bonds. The molecule has 0 bridgehead atoms. The van der Waals surface area contributed by atoms with Gasteiger partial charge in [0, 0.05) is 12.1 Å². The Kier molecular flexibility index (Phi) is 5.80. The van der Waals surface area contributed by atoms with Crippen molar-refractivity contribution < 1.29 is 9.90 Å². The van der Waals surface area contributed by atoms with E-state index in [0.29, 0.717) is 5.56 Å². The maximum atomic E-state index is 12.1. The molecule has 1 atom stereocenters. The van der Waals surface area contributed by atoms with Crippen molar-refractivity contribution in [1.82, 2.24) is 4.57 Å². The third-order valence-corrected chi connectivity index (χ3v) is 3.65. The van der Waals surface area contributed by atoms with Crippen molar-refractivity contribution in [1.29, 1.82) is 0 Å². The van der Waals surface area contributed by atoms with Crippen LogP contribution in [-0.4, -0.2) is 15.6 Å². The van der Waals surface area contributed by atoms with Crippen LogP contribution in [0.15, 0.2) is 10.9 Å². The molecule has 0 aliphatic carbocycles. The van der Waals surface area contributed by atoms with Crippen LogP contribution in [0.1, 0.15) is 67.9 Å². The number of aryl methyl sites for hydroxylation is 1. The zero-order chi connectivity index (χ0) is 15.3. The van der Waals surface area contributed by atoms with E-state index in [2.05, 4.69) is 6.92 Å². The minimum Gasteiger partial charge on any atom is -0.494 e. The molecule has 1 rings (SSSR count). The monoisotopic (exact) mass is 280 g/mol. The van der Waals surface area contributed by atoms with Crippen molar-refractivity contribution in [2.45, 2.75) is 58.9 Å². The van der Waals surface area contributed by atoms with Gasteiger partial charge in [-0.05, 0) is 25.3 Å². The number of carbonyl (C=O) groups excluding carboxylic acids is 1. The molecule has 1 unspecified atom stereocenters. The van der Waals surface area contributed by atoms with Gasteiger partial charge in [0.25, 0.3) is 11.5 Å². The molecule has 112 valence electrons. The lowest BCUT2D eigenvalue weighted by atomic mass is 10.0. The van der Waals surface area contributed by atoms with Gasteiger partial charge in [-0.25, -0.2) is 0 Å². The number of aromatic hydroxyl groups is 1. The average molecular weight is 280 g/mol. The maximum Gasteiger partial charge on any atom is 0.254 e. The highest BCUT2D eigenvalue weighted by atomic mass is 16.3. The third-order valence-electron chi connectivity index (χ3n) is 3.65. The first-order chi connectivity index (χ1) is 9.43. The van der Waals surface area contributed by atoms with Crippen molar-refractivity contribution in [3.8, 4) is 5.88 Å². The molecule has 1 aromatic heterocycles. The number of nitrogens with two attached hydrogens (primary N) is 1. The standard InChI is InChI=1S/C15H24N2O3/c1-4-6-7-8-11(5-2)17-12(18)9-10(3)13(14(16)19)15(17)20/h9,11,20H,4-8H2,1-3H3,(H2,16,19). The van der Waals surface area contributed by atoms with E-state index in [1.54, 1.807) is 6.92 Å². The fourth-order valence-corrected chi connectivity index (χ4v) is 2.53. The van der Waals surface area contributed by atoms with Crippen LogP contribution in [0.3, 0.4) is 0 Å². The van der Waals surface area contributed by atoms with E-state index in [1.165, 1.54) is 10.6 Å². The number of carbonyl (C=O) groups is 1. The largest absolute Gasteiger partial charge is 0.494 e. The van der Waals surface area contributed by atoms with E-state index in [-0.39, 0.29) is 23.0 Å². The van der Waals surface area contributed by atoms with E-state index in [9.17, 15) is 14.7 Å². The summed E-state index contributed by atoms with van der Waals surface area (Å²) in [5.41, 5.74) is 5.46. The minimum absolute atomic E-state index is 0.0403. The SMILES string of the molecule is CCCCCC(CC)n1c(O)c(C(N)=O)c(C)cc1=O. The zero-order valence-corrected chi connectivity index (χ0v) is 12.5. The topological polar surface area (TPSA) is 85.3 Å². The molecule has 0 radical (unpaired) electrons. The summed E-state index contributed by atoms with van der Waals surface area (Å²) in [4.78, 5) is 23.5. The van der Waals surface area contributed by atoms with Gasteiger partial charge < -0.3 is 10.8 Å². The van der Waals surface area contributed by atoms with Crippen molar-refractivity contribution in [2.75, 3.05) is 0 Å². The highest BCUT2D eigenvalue weighted by Gasteiger charge is 2.21. The summed E-state index contributed by atoms with van der Waals surface area (Å²) in [6.45, 7) is 5.68. The second kappa shape index (κ2) is 7.12.